The van der Waals surface area contributed by atoms with Crippen LogP contribution in [0.5, 0.6) is 0 Å². The molecule has 2 rings (SSSR count). The van der Waals surface area contributed by atoms with E-state index in [1.807, 2.05) is 32.7 Å². The van der Waals surface area contributed by atoms with Gasteiger partial charge in [-0.3, -0.25) is 15.5 Å². The van der Waals surface area contributed by atoms with Gasteiger partial charge in [0.2, 0.25) is 5.91 Å². The molecule has 1 aromatic rings. The molecule has 40 heavy (non-hydrogen) atoms. The van der Waals surface area contributed by atoms with E-state index in [-0.39, 0.29) is 29.0 Å². The molecule has 234 valence electrons. The molecule has 3 N–H and O–H groups in total. The second kappa shape index (κ2) is 21.5. The van der Waals surface area contributed by atoms with Crippen LogP contribution in [-0.2, 0) is 20.8 Å². The Hall–Kier alpha value is -1.20. The van der Waals surface area contributed by atoms with Gasteiger partial charge in [0.1, 0.15) is 5.44 Å². The van der Waals surface area contributed by atoms with Crippen LogP contribution in [0.4, 0.5) is 0 Å². The lowest BCUT2D eigenvalue weighted by molar-refractivity contribution is -0.122. The van der Waals surface area contributed by atoms with Crippen molar-refractivity contribution in [3.63, 3.8) is 0 Å². The van der Waals surface area contributed by atoms with E-state index in [0.717, 1.165) is 45.7 Å². The van der Waals surface area contributed by atoms with Crippen LogP contribution >= 0.6 is 12.6 Å². The first kappa shape index (κ1) is 38.8. The Balaban J connectivity index is 0.000000985. The number of hydrazine groups is 1. The second-order valence-corrected chi connectivity index (χ2v) is 12.0. The summed E-state index contributed by atoms with van der Waals surface area (Å²) in [5.41, 5.74) is 0.992. The Bertz CT molecular complexity index is 759. The van der Waals surface area contributed by atoms with E-state index in [4.69, 9.17) is 15.3 Å². The fourth-order valence-electron chi connectivity index (χ4n) is 4.08. The molecule has 1 fully saturated rings. The van der Waals surface area contributed by atoms with E-state index in [0.29, 0.717) is 19.1 Å². The minimum Gasteiger partial charge on any atom is -0.374 e. The summed E-state index contributed by atoms with van der Waals surface area (Å²) < 4.78 is 11.0. The number of piperazine rings is 1. The zero-order valence-corrected chi connectivity index (χ0v) is 28.0. The fraction of sp³-hybridized carbons (Fsp3) is 0.774. The van der Waals surface area contributed by atoms with Crippen molar-refractivity contribution < 1.29 is 14.3 Å². The lowest BCUT2D eigenvalue weighted by Gasteiger charge is -2.37. The largest absolute Gasteiger partial charge is 0.374 e. The molecular weight excluding hydrogens is 522 g/mol. The molecule has 9 heteroatoms. The summed E-state index contributed by atoms with van der Waals surface area (Å²) in [6.45, 7) is 26.0. The number of hydrogen-bond donors (Lipinski definition) is 3. The summed E-state index contributed by atoms with van der Waals surface area (Å²) in [5, 5.41) is 4.62. The molecule has 1 saturated heterocycles. The third kappa shape index (κ3) is 18.3. The Morgan fingerprint density at radius 3 is 2.10 bits per heavy atom. The number of thiol groups is 1. The van der Waals surface area contributed by atoms with Crippen molar-refractivity contribution in [2.24, 2.45) is 5.84 Å². The van der Waals surface area contributed by atoms with Crippen molar-refractivity contribution in [1.29, 1.82) is 0 Å². The Morgan fingerprint density at radius 2 is 1.60 bits per heavy atom. The minimum absolute atomic E-state index is 0.0261. The summed E-state index contributed by atoms with van der Waals surface area (Å²) in [5.74, 6) is 6.06. The predicted molar refractivity (Wildman–Crippen MR) is 172 cm³/mol. The van der Waals surface area contributed by atoms with Crippen LogP contribution < -0.4 is 11.2 Å². The van der Waals surface area contributed by atoms with Crippen LogP contribution in [0.15, 0.2) is 30.3 Å². The van der Waals surface area contributed by atoms with Crippen molar-refractivity contribution in [2.45, 2.75) is 111 Å². The van der Waals surface area contributed by atoms with E-state index in [1.165, 1.54) is 12.7 Å². The van der Waals surface area contributed by atoms with Gasteiger partial charge >= 0.3 is 0 Å². The second-order valence-electron chi connectivity index (χ2n) is 11.4. The highest BCUT2D eigenvalue weighted by molar-refractivity contribution is 7.80. The zero-order chi connectivity index (χ0) is 30.7. The maximum atomic E-state index is 11.0. The van der Waals surface area contributed by atoms with Crippen molar-refractivity contribution in [3.8, 4) is 0 Å². The molecule has 1 heterocycles. The summed E-state index contributed by atoms with van der Waals surface area (Å²) in [6.07, 6.45) is 1.35. The third-order valence-electron chi connectivity index (χ3n) is 6.65. The minimum atomic E-state index is -0.297. The summed E-state index contributed by atoms with van der Waals surface area (Å²) in [7, 11) is 1.53. The smallest absolute Gasteiger partial charge is 0.223 e. The van der Waals surface area contributed by atoms with E-state index >= 15 is 0 Å². The van der Waals surface area contributed by atoms with Crippen molar-refractivity contribution in [3.05, 3.63) is 35.9 Å². The van der Waals surface area contributed by atoms with Crippen LogP contribution in [0.1, 0.15) is 80.7 Å². The predicted octanol–water partition coefficient (Wildman–Crippen LogP) is 4.79. The molecular formula is C31H61N5O3S. The van der Waals surface area contributed by atoms with E-state index in [9.17, 15) is 4.79 Å². The first-order valence-electron chi connectivity index (χ1n) is 15.0. The van der Waals surface area contributed by atoms with Crippen LogP contribution in [0.2, 0.25) is 0 Å². The van der Waals surface area contributed by atoms with Gasteiger partial charge in [0.15, 0.2) is 0 Å². The lowest BCUT2D eigenvalue weighted by atomic mass is 10.0. The van der Waals surface area contributed by atoms with Gasteiger partial charge in [-0.05, 0) is 60.5 Å². The Morgan fingerprint density at radius 1 is 1.05 bits per heavy atom. The molecule has 0 spiro atoms. The van der Waals surface area contributed by atoms with Gasteiger partial charge in [-0.15, -0.1) is 12.6 Å². The molecule has 0 aromatic heterocycles. The molecule has 2 atom stereocenters. The SMILES string of the molecule is CC.CC(C)N(N)C(C)COC(C)(C)CCN1CCN(Cc2ccccc2)CC1.COC(S)CC(=O)NC(C)C. The normalized spacial score (nSPS) is 16.2. The fourth-order valence-corrected chi connectivity index (χ4v) is 4.24. The topological polar surface area (TPSA) is 83.3 Å². The summed E-state index contributed by atoms with van der Waals surface area (Å²) >= 11 is 4.01. The monoisotopic (exact) mass is 583 g/mol. The van der Waals surface area contributed by atoms with Gasteiger partial charge in [0.25, 0.3) is 0 Å². The average molecular weight is 584 g/mol. The number of carbonyl (C=O) groups is 1. The van der Waals surface area contributed by atoms with Crippen molar-refractivity contribution >= 4 is 18.5 Å². The zero-order valence-electron chi connectivity index (χ0n) is 27.2. The highest BCUT2D eigenvalue weighted by Gasteiger charge is 2.24. The number of nitrogens with zero attached hydrogens (tertiary/aromatic N) is 3. The quantitative estimate of drug-likeness (QED) is 0.126. The number of nitrogens with one attached hydrogen (secondary N) is 1. The number of hydrogen-bond acceptors (Lipinski definition) is 8. The number of carbonyl (C=O) groups excluding carboxylic acids is 1. The van der Waals surface area contributed by atoms with Crippen LogP contribution in [-0.4, -0.2) is 96.3 Å². The van der Waals surface area contributed by atoms with Gasteiger partial charge in [0, 0.05) is 64.5 Å². The highest BCUT2D eigenvalue weighted by atomic mass is 32.1. The molecule has 1 aromatic carbocycles. The lowest BCUT2D eigenvalue weighted by Crippen LogP contribution is -2.48. The number of rotatable bonds is 14. The maximum Gasteiger partial charge on any atom is 0.223 e. The van der Waals surface area contributed by atoms with Gasteiger partial charge in [0.05, 0.1) is 18.6 Å². The van der Waals surface area contributed by atoms with Crippen LogP contribution in [0, 0.1) is 0 Å². The average Bonchev–Trinajstić information content (AvgIpc) is 2.92. The van der Waals surface area contributed by atoms with Crippen molar-refractivity contribution in [1.82, 2.24) is 20.1 Å². The summed E-state index contributed by atoms with van der Waals surface area (Å²) in [6, 6.07) is 11.5. The molecule has 1 aliphatic heterocycles. The molecule has 1 aliphatic rings. The van der Waals surface area contributed by atoms with Gasteiger partial charge < -0.3 is 19.7 Å². The first-order chi connectivity index (χ1) is 18.8. The van der Waals surface area contributed by atoms with Gasteiger partial charge in [-0.2, -0.15) is 0 Å². The summed E-state index contributed by atoms with van der Waals surface area (Å²) in [4.78, 5) is 16.1. The highest BCUT2D eigenvalue weighted by Crippen LogP contribution is 2.18. The molecule has 8 nitrogen and oxygen atoms in total. The number of nitrogens with two attached hydrogens (primary N) is 1. The number of benzene rings is 1. The Kier molecular flexibility index (Phi) is 20.9. The third-order valence-corrected chi connectivity index (χ3v) is 7.04. The van der Waals surface area contributed by atoms with Gasteiger partial charge in [-0.25, -0.2) is 5.01 Å². The molecule has 0 aliphatic carbocycles. The van der Waals surface area contributed by atoms with Gasteiger partial charge in [-0.1, -0.05) is 44.2 Å². The van der Waals surface area contributed by atoms with E-state index < -0.39 is 0 Å². The van der Waals surface area contributed by atoms with Crippen LogP contribution in [0.3, 0.4) is 0 Å². The molecule has 1 amide bonds. The number of amides is 1. The van der Waals surface area contributed by atoms with E-state index in [1.54, 1.807) is 0 Å². The molecule has 0 saturated carbocycles. The molecule has 2 unspecified atom stereocenters. The Labute approximate surface area is 251 Å². The molecule has 0 bridgehead atoms. The maximum absolute atomic E-state index is 11.0. The van der Waals surface area contributed by atoms with Crippen molar-refractivity contribution in [2.75, 3.05) is 46.4 Å². The first-order valence-corrected chi connectivity index (χ1v) is 15.5. The number of methoxy groups -OCH3 is 1. The molecule has 0 radical (unpaired) electrons. The standard InChI is InChI=1S/C22H40N4O.C7H15NO2S.C2H6/c1-19(2)26(23)20(3)18-27-22(4,5)11-12-24-13-15-25(16-14-24)17-21-9-7-6-8-10-21;1-5(2)8-6(9)4-7(11)10-3;1-2/h6-10,19-20H,11-18,23H2,1-5H3;5,7,11H,4H2,1-3H3,(H,8,9);1-2H3. The van der Waals surface area contributed by atoms with E-state index in [2.05, 4.69) is 92.7 Å². The van der Waals surface area contributed by atoms with Crippen LogP contribution in [0.25, 0.3) is 0 Å². The number of ether oxygens (including phenoxy) is 2.